The molecule has 2 aromatic heterocycles. The number of amides is 2. The molecule has 12 heteroatoms. The summed E-state index contributed by atoms with van der Waals surface area (Å²) in [5.41, 5.74) is 3.34. The molecule has 1 atom stereocenters. The van der Waals surface area contributed by atoms with Crippen LogP contribution in [0.2, 0.25) is 25.7 Å². The van der Waals surface area contributed by atoms with Gasteiger partial charge in [-0.05, 0) is 54.3 Å². The number of nitrogens with zero attached hydrogens (tertiary/aromatic N) is 2. The number of fused-ring (bicyclic) bond motifs is 2. The Labute approximate surface area is 258 Å². The van der Waals surface area contributed by atoms with Gasteiger partial charge in [0.15, 0.2) is 9.84 Å². The van der Waals surface area contributed by atoms with E-state index in [9.17, 15) is 18.0 Å². The van der Waals surface area contributed by atoms with Crippen LogP contribution < -0.4 is 10.6 Å². The van der Waals surface area contributed by atoms with E-state index in [1.165, 1.54) is 6.07 Å². The summed E-state index contributed by atoms with van der Waals surface area (Å²) in [5, 5.41) is 6.49. The van der Waals surface area contributed by atoms with Crippen LogP contribution in [0, 0.1) is 6.92 Å². The Hall–Kier alpha value is -4.00. The molecule has 1 aliphatic rings. The van der Waals surface area contributed by atoms with E-state index in [1.807, 2.05) is 47.2 Å². The van der Waals surface area contributed by atoms with E-state index in [4.69, 9.17) is 9.47 Å². The first-order chi connectivity index (χ1) is 20.9. The molecular weight excluding hydrogens is 597 g/mol. The first-order valence-electron chi connectivity index (χ1n) is 14.6. The molecule has 0 aliphatic carbocycles. The van der Waals surface area contributed by atoms with Crippen LogP contribution in [0.1, 0.15) is 39.5 Å². The highest BCUT2D eigenvalue weighted by Gasteiger charge is 2.33. The van der Waals surface area contributed by atoms with Crippen LogP contribution in [-0.4, -0.2) is 50.4 Å². The van der Waals surface area contributed by atoms with Crippen LogP contribution in [0.15, 0.2) is 71.9 Å². The number of rotatable bonds is 10. The summed E-state index contributed by atoms with van der Waals surface area (Å²) in [6, 6.07) is 16.4. The minimum Gasteiger partial charge on any atom is -0.445 e. The van der Waals surface area contributed by atoms with E-state index >= 15 is 0 Å². The normalized spacial score (nSPS) is 15.9. The van der Waals surface area contributed by atoms with Gasteiger partial charge >= 0.3 is 6.09 Å². The molecule has 2 amide bonds. The molecule has 4 aromatic rings. The highest BCUT2D eigenvalue weighted by atomic mass is 32.2. The van der Waals surface area contributed by atoms with Crippen molar-refractivity contribution in [1.82, 2.24) is 14.9 Å². The van der Waals surface area contributed by atoms with Crippen LogP contribution in [0.25, 0.3) is 11.0 Å². The van der Waals surface area contributed by atoms with E-state index in [-0.39, 0.29) is 29.2 Å². The monoisotopic (exact) mass is 634 g/mol. The summed E-state index contributed by atoms with van der Waals surface area (Å²) in [7, 11) is -4.86. The first kappa shape index (κ1) is 31.4. The van der Waals surface area contributed by atoms with Crippen LogP contribution in [0.5, 0.6) is 0 Å². The number of hydrogen-bond donors (Lipinski definition) is 2. The Morgan fingerprint density at radius 3 is 2.61 bits per heavy atom. The van der Waals surface area contributed by atoms with Gasteiger partial charge in [-0.15, -0.1) is 0 Å². The molecule has 0 bridgehead atoms. The zero-order valence-corrected chi connectivity index (χ0v) is 27.2. The van der Waals surface area contributed by atoms with Gasteiger partial charge in [0, 0.05) is 38.0 Å². The summed E-state index contributed by atoms with van der Waals surface area (Å²) in [6.07, 6.45) is 3.05. The average molecular weight is 635 g/mol. The fourth-order valence-electron chi connectivity index (χ4n) is 5.13. The Balaban J connectivity index is 1.32. The van der Waals surface area contributed by atoms with Crippen LogP contribution in [0.3, 0.4) is 0 Å². The third kappa shape index (κ3) is 7.37. The van der Waals surface area contributed by atoms with Gasteiger partial charge in [0.05, 0.1) is 22.4 Å². The molecule has 10 nitrogen and oxygen atoms in total. The molecule has 0 saturated heterocycles. The van der Waals surface area contributed by atoms with Gasteiger partial charge in [0.25, 0.3) is 5.91 Å². The number of aryl methyl sites for hydroxylation is 1. The second-order valence-corrected chi connectivity index (χ2v) is 20.0. The summed E-state index contributed by atoms with van der Waals surface area (Å²) in [5.74, 6) is -0.601. The Morgan fingerprint density at radius 1 is 1.09 bits per heavy atom. The Bertz CT molecular complexity index is 1780. The molecule has 3 heterocycles. The molecule has 44 heavy (non-hydrogen) atoms. The summed E-state index contributed by atoms with van der Waals surface area (Å²) in [4.78, 5) is 30.6. The Kier molecular flexibility index (Phi) is 9.23. The summed E-state index contributed by atoms with van der Waals surface area (Å²) >= 11 is 0. The molecule has 232 valence electrons. The lowest BCUT2D eigenvalue weighted by molar-refractivity contribution is 0.0899. The van der Waals surface area contributed by atoms with Crippen molar-refractivity contribution < 1.29 is 27.5 Å². The third-order valence-corrected chi connectivity index (χ3v) is 11.1. The van der Waals surface area contributed by atoms with Crippen LogP contribution in [-0.2, 0) is 32.6 Å². The van der Waals surface area contributed by atoms with E-state index in [1.54, 1.807) is 25.3 Å². The lowest BCUT2D eigenvalue weighted by Crippen LogP contribution is -2.34. The lowest BCUT2D eigenvalue weighted by Gasteiger charge is -2.27. The molecular formula is C32H38N4O6SSi. The molecule has 0 unspecified atom stereocenters. The van der Waals surface area contributed by atoms with Crippen molar-refractivity contribution in [2.45, 2.75) is 63.3 Å². The number of carbonyl (C=O) groups excluding carboxylic acids is 2. The van der Waals surface area contributed by atoms with E-state index in [2.05, 4.69) is 35.3 Å². The fraction of sp³-hybridized carbons (Fsp3) is 0.344. The molecule has 0 radical (unpaired) electrons. The molecule has 5 rings (SSSR count). The molecule has 0 fully saturated rings. The molecule has 1 aliphatic heterocycles. The maximum absolute atomic E-state index is 13.5. The highest BCUT2D eigenvalue weighted by molar-refractivity contribution is 7.91. The molecule has 0 saturated carbocycles. The number of pyridine rings is 1. The average Bonchev–Trinajstić information content (AvgIpc) is 3.39. The topological polar surface area (TPSA) is 129 Å². The maximum atomic E-state index is 13.5. The number of nitrogens with one attached hydrogen (secondary N) is 2. The number of aromatic nitrogens is 2. The Morgan fingerprint density at radius 2 is 1.86 bits per heavy atom. The third-order valence-electron chi connectivity index (χ3n) is 7.63. The smallest absolute Gasteiger partial charge is 0.407 e. The van der Waals surface area contributed by atoms with Gasteiger partial charge in [-0.3, -0.25) is 4.79 Å². The SMILES string of the molecule is Cc1cc2c(cc1C(=O)Nc1ccnc3c1ccn3COCC[Si](C)(C)C)S(=O)(=O)CC[C@@H]2NC(=O)OCc1ccccc1. The second-order valence-electron chi connectivity index (χ2n) is 12.3. The van der Waals surface area contributed by atoms with Crippen molar-refractivity contribution >= 4 is 46.6 Å². The van der Waals surface area contributed by atoms with Crippen LogP contribution in [0.4, 0.5) is 10.5 Å². The van der Waals surface area contributed by atoms with Crippen molar-refractivity contribution in [2.24, 2.45) is 0 Å². The lowest BCUT2D eigenvalue weighted by atomic mass is 9.97. The van der Waals surface area contributed by atoms with Crippen molar-refractivity contribution in [3.05, 3.63) is 89.2 Å². The van der Waals surface area contributed by atoms with Gasteiger partial charge in [-0.1, -0.05) is 56.0 Å². The van der Waals surface area contributed by atoms with Crippen molar-refractivity contribution in [1.29, 1.82) is 0 Å². The minimum absolute atomic E-state index is 0.0364. The van der Waals surface area contributed by atoms with Crippen LogP contribution >= 0.6 is 0 Å². The number of sulfone groups is 1. The fourth-order valence-corrected chi connectivity index (χ4v) is 7.51. The summed E-state index contributed by atoms with van der Waals surface area (Å²) in [6.45, 7) is 9.79. The zero-order valence-electron chi connectivity index (χ0n) is 25.4. The van der Waals surface area contributed by atoms with Gasteiger partial charge in [-0.25, -0.2) is 18.2 Å². The number of alkyl carbamates (subject to hydrolysis) is 1. The molecule has 2 N–H and O–H groups in total. The zero-order chi connectivity index (χ0) is 31.5. The molecule has 0 spiro atoms. The standard InChI is InChI=1S/C32H38N4O6SSi/c1-22-18-26-28(35-32(38)42-20-23-8-6-5-7-9-23)12-16-43(39,40)29(26)19-25(22)31(37)34-27-10-13-33-30-24(27)11-14-36(30)21-41-15-17-44(2,3)4/h5-11,13-14,18-19,28H,12,15-17,20-21H2,1-4H3,(H,35,38)(H,33,34,37)/t28-/m0/s1. The number of anilines is 1. The van der Waals surface area contributed by atoms with Crippen molar-refractivity contribution in [2.75, 3.05) is 17.7 Å². The molecule has 2 aromatic carbocycles. The quantitative estimate of drug-likeness (QED) is 0.160. The predicted molar refractivity (Wildman–Crippen MR) is 172 cm³/mol. The highest BCUT2D eigenvalue weighted by Crippen LogP contribution is 2.35. The predicted octanol–water partition coefficient (Wildman–Crippen LogP) is 6.05. The van der Waals surface area contributed by atoms with E-state index in [0.29, 0.717) is 35.8 Å². The summed E-state index contributed by atoms with van der Waals surface area (Å²) < 4.78 is 39.3. The van der Waals surface area contributed by atoms with Crippen molar-refractivity contribution in [3.8, 4) is 0 Å². The van der Waals surface area contributed by atoms with E-state index < -0.39 is 36.0 Å². The van der Waals surface area contributed by atoms with Gasteiger partial charge in [0.1, 0.15) is 19.0 Å². The minimum atomic E-state index is -3.66. The number of hydrogen-bond acceptors (Lipinski definition) is 7. The first-order valence-corrected chi connectivity index (χ1v) is 19.9. The number of benzene rings is 2. The number of carbonyl (C=O) groups is 2. The van der Waals surface area contributed by atoms with E-state index in [0.717, 1.165) is 17.0 Å². The van der Waals surface area contributed by atoms with Gasteiger partial charge in [-0.2, -0.15) is 0 Å². The second kappa shape index (κ2) is 12.9. The maximum Gasteiger partial charge on any atom is 0.407 e. The van der Waals surface area contributed by atoms with Gasteiger partial charge in [0.2, 0.25) is 0 Å². The number of ether oxygens (including phenoxy) is 2. The largest absolute Gasteiger partial charge is 0.445 e. The van der Waals surface area contributed by atoms with Crippen molar-refractivity contribution in [3.63, 3.8) is 0 Å². The van der Waals surface area contributed by atoms with Gasteiger partial charge < -0.3 is 24.7 Å².